The second kappa shape index (κ2) is 8.42. The highest BCUT2D eigenvalue weighted by molar-refractivity contribution is 7.87. The van der Waals surface area contributed by atoms with Gasteiger partial charge in [0.2, 0.25) is 5.91 Å². The first-order chi connectivity index (χ1) is 14.2. The summed E-state index contributed by atoms with van der Waals surface area (Å²) in [5, 5.41) is 16.6. The molecular weight excluding hydrogens is 454 g/mol. The van der Waals surface area contributed by atoms with Crippen LogP contribution in [-0.2, 0) is 21.6 Å². The number of rotatable bonds is 6. The van der Waals surface area contributed by atoms with Gasteiger partial charge in [-0.15, -0.1) is 11.3 Å². The summed E-state index contributed by atoms with van der Waals surface area (Å²) < 4.78 is 34.2. The van der Waals surface area contributed by atoms with Crippen molar-refractivity contribution in [1.82, 2.24) is 23.8 Å². The number of thiophene rings is 1. The molecule has 0 bridgehead atoms. The monoisotopic (exact) mass is 475 g/mol. The van der Waals surface area contributed by atoms with Crippen LogP contribution in [0.3, 0.4) is 0 Å². The Hall–Kier alpha value is -1.73. The fourth-order valence-electron chi connectivity index (χ4n) is 3.66. The van der Waals surface area contributed by atoms with E-state index in [0.717, 1.165) is 13.5 Å². The van der Waals surface area contributed by atoms with Gasteiger partial charge in [0.25, 0.3) is 0 Å². The van der Waals surface area contributed by atoms with Gasteiger partial charge in [0, 0.05) is 36.9 Å². The van der Waals surface area contributed by atoms with Crippen molar-refractivity contribution >= 4 is 39.1 Å². The molecule has 164 valence electrons. The zero-order valence-electron chi connectivity index (χ0n) is 16.2. The van der Waals surface area contributed by atoms with Gasteiger partial charge < -0.3 is 9.84 Å². The molecule has 0 saturated carbocycles. The Bertz CT molecular complexity index is 1030. The number of carbonyl (C=O) groups excluding carboxylic acids is 1. The number of aromatic amines is 1. The quantitative estimate of drug-likeness (QED) is 0.645. The second-order valence-electron chi connectivity index (χ2n) is 7.51. The van der Waals surface area contributed by atoms with E-state index in [4.69, 9.17) is 16.3 Å². The van der Waals surface area contributed by atoms with E-state index in [1.807, 2.05) is 13.0 Å². The molecule has 4 heterocycles. The largest absolute Gasteiger partial charge is 0.458 e. The van der Waals surface area contributed by atoms with Gasteiger partial charge in [-0.2, -0.15) is 22.8 Å². The number of nitrogens with one attached hydrogen (secondary N) is 1. The number of H-pyrrole nitrogens is 1. The average molecular weight is 476 g/mol. The third kappa shape index (κ3) is 4.33. The van der Waals surface area contributed by atoms with E-state index in [-0.39, 0.29) is 50.5 Å². The van der Waals surface area contributed by atoms with Crippen LogP contribution in [0.25, 0.3) is 0 Å². The van der Waals surface area contributed by atoms with Crippen molar-refractivity contribution in [3.8, 4) is 6.01 Å². The van der Waals surface area contributed by atoms with E-state index < -0.39 is 22.2 Å². The minimum atomic E-state index is -4.00. The molecule has 30 heavy (non-hydrogen) atoms. The fraction of sp³-hybridized carbons (Fsp3) is 0.588. The number of nitrogens with zero attached hydrogens (tertiary/aromatic N) is 4. The Labute approximate surface area is 183 Å². The van der Waals surface area contributed by atoms with Crippen LogP contribution in [0.15, 0.2) is 12.1 Å². The van der Waals surface area contributed by atoms with Crippen LogP contribution in [0.1, 0.15) is 36.4 Å². The minimum absolute atomic E-state index is 0.00227. The summed E-state index contributed by atoms with van der Waals surface area (Å²) in [5.41, 5.74) is 0. The number of aliphatic hydroxyl groups is 1. The number of amides is 1. The predicted molar refractivity (Wildman–Crippen MR) is 109 cm³/mol. The van der Waals surface area contributed by atoms with Crippen molar-refractivity contribution < 1.29 is 23.1 Å². The van der Waals surface area contributed by atoms with Crippen molar-refractivity contribution in [1.29, 1.82) is 0 Å². The molecule has 0 spiro atoms. The first-order valence-corrected chi connectivity index (χ1v) is 12.1. The molecule has 0 aliphatic carbocycles. The lowest BCUT2D eigenvalue weighted by Gasteiger charge is -2.36. The van der Waals surface area contributed by atoms with Gasteiger partial charge in [0.05, 0.1) is 10.4 Å². The lowest BCUT2D eigenvalue weighted by molar-refractivity contribution is -0.130. The smallest absolute Gasteiger partial charge is 0.312 e. The van der Waals surface area contributed by atoms with Crippen molar-refractivity contribution in [2.75, 3.05) is 19.6 Å². The molecule has 0 aromatic carbocycles. The molecular formula is C17H22ClN5O5S2. The molecule has 4 rings (SSSR count). The number of aromatic nitrogens is 3. The van der Waals surface area contributed by atoms with Crippen molar-refractivity contribution in [2.24, 2.45) is 5.92 Å². The summed E-state index contributed by atoms with van der Waals surface area (Å²) in [5.74, 6) is -0.555. The number of hydrogen-bond donors (Lipinski definition) is 2. The SMILES string of the molecule is CC1CC(=O)N(S(=O)(=O)N2CCC(O)C2)CC1c1n[nH]c(OCc2ccc(Cl)s2)n1. The average Bonchev–Trinajstić information content (AvgIpc) is 3.41. The van der Waals surface area contributed by atoms with E-state index in [9.17, 15) is 18.3 Å². The van der Waals surface area contributed by atoms with Gasteiger partial charge in [-0.1, -0.05) is 18.5 Å². The van der Waals surface area contributed by atoms with Gasteiger partial charge in [0.15, 0.2) is 5.82 Å². The summed E-state index contributed by atoms with van der Waals surface area (Å²) in [4.78, 5) is 17.8. The van der Waals surface area contributed by atoms with Crippen molar-refractivity contribution in [3.63, 3.8) is 0 Å². The predicted octanol–water partition coefficient (Wildman–Crippen LogP) is 1.36. The lowest BCUT2D eigenvalue weighted by Crippen LogP contribution is -2.51. The number of piperidine rings is 1. The van der Waals surface area contributed by atoms with Crippen LogP contribution in [-0.4, -0.2) is 69.0 Å². The van der Waals surface area contributed by atoms with E-state index >= 15 is 0 Å². The standard InChI is InChI=1S/C17H22ClN5O5S2/c1-10-6-15(25)23(30(26,27)22-5-4-11(24)7-22)8-13(10)16-19-17(21-20-16)28-9-12-2-3-14(18)29-12/h2-3,10-11,13,24H,4-9H2,1H3,(H,19,20,21). The van der Waals surface area contributed by atoms with E-state index in [0.29, 0.717) is 16.6 Å². The normalized spacial score (nSPS) is 25.8. The zero-order valence-corrected chi connectivity index (χ0v) is 18.6. The molecule has 2 fully saturated rings. The van der Waals surface area contributed by atoms with E-state index in [2.05, 4.69) is 15.2 Å². The molecule has 2 N–H and O–H groups in total. The van der Waals surface area contributed by atoms with Crippen LogP contribution >= 0.6 is 22.9 Å². The van der Waals surface area contributed by atoms with Crippen LogP contribution < -0.4 is 4.74 Å². The highest BCUT2D eigenvalue weighted by Gasteiger charge is 2.44. The van der Waals surface area contributed by atoms with E-state index in [1.54, 1.807) is 6.07 Å². The topological polar surface area (TPSA) is 129 Å². The highest BCUT2D eigenvalue weighted by Crippen LogP contribution is 2.34. The van der Waals surface area contributed by atoms with Crippen LogP contribution in [0.5, 0.6) is 6.01 Å². The minimum Gasteiger partial charge on any atom is -0.458 e. The number of hydrogen-bond acceptors (Lipinski definition) is 8. The lowest BCUT2D eigenvalue weighted by atomic mass is 9.87. The Morgan fingerprint density at radius 1 is 1.40 bits per heavy atom. The van der Waals surface area contributed by atoms with Gasteiger partial charge in [0.1, 0.15) is 6.61 Å². The highest BCUT2D eigenvalue weighted by atomic mass is 35.5. The molecule has 2 aliphatic rings. The molecule has 10 nitrogen and oxygen atoms in total. The summed E-state index contributed by atoms with van der Waals surface area (Å²) in [6, 6.07) is 3.86. The van der Waals surface area contributed by atoms with Crippen LogP contribution in [0.4, 0.5) is 0 Å². The Morgan fingerprint density at radius 3 is 2.87 bits per heavy atom. The number of ether oxygens (including phenoxy) is 1. The molecule has 2 aromatic heterocycles. The number of carbonyl (C=O) groups is 1. The first-order valence-electron chi connectivity index (χ1n) is 9.52. The maximum Gasteiger partial charge on any atom is 0.312 e. The summed E-state index contributed by atoms with van der Waals surface area (Å²) in [6.45, 7) is 2.29. The second-order valence-corrected chi connectivity index (χ2v) is 11.2. The molecule has 2 saturated heterocycles. The molecule has 3 unspecified atom stereocenters. The Balaban J connectivity index is 1.47. The van der Waals surface area contributed by atoms with Gasteiger partial charge in [-0.05, 0) is 24.5 Å². The molecule has 1 amide bonds. The Kier molecular flexibility index (Phi) is 6.04. The van der Waals surface area contributed by atoms with Crippen LogP contribution in [0, 0.1) is 5.92 Å². The third-order valence-corrected chi connectivity index (χ3v) is 8.45. The molecule has 0 radical (unpaired) electrons. The summed E-state index contributed by atoms with van der Waals surface area (Å²) >= 11 is 7.31. The van der Waals surface area contributed by atoms with E-state index in [1.165, 1.54) is 11.3 Å². The number of aliphatic hydroxyl groups excluding tert-OH is 1. The first kappa shape index (κ1) is 21.5. The fourth-order valence-corrected chi connectivity index (χ4v) is 6.31. The molecule has 13 heteroatoms. The van der Waals surface area contributed by atoms with Crippen molar-refractivity contribution in [3.05, 3.63) is 27.2 Å². The maximum absolute atomic E-state index is 12.9. The maximum atomic E-state index is 12.9. The van der Waals surface area contributed by atoms with Gasteiger partial charge >= 0.3 is 16.2 Å². The van der Waals surface area contributed by atoms with Gasteiger partial charge in [-0.3, -0.25) is 4.79 Å². The van der Waals surface area contributed by atoms with Gasteiger partial charge in [-0.25, -0.2) is 9.40 Å². The third-order valence-electron chi connectivity index (χ3n) is 5.35. The number of halogens is 1. The molecule has 3 atom stereocenters. The molecule has 2 aromatic rings. The summed E-state index contributed by atoms with van der Waals surface area (Å²) in [6.07, 6.45) is -0.281. The van der Waals surface area contributed by atoms with Crippen molar-refractivity contribution in [2.45, 2.75) is 38.4 Å². The summed E-state index contributed by atoms with van der Waals surface area (Å²) in [7, 11) is -4.00. The zero-order chi connectivity index (χ0) is 21.5. The van der Waals surface area contributed by atoms with Crippen LogP contribution in [0.2, 0.25) is 4.34 Å². The number of β-amino-alcohol motifs (C(OH)–C–C–N with tert-alkyl or cyclic N) is 1. The Morgan fingerprint density at radius 2 is 2.20 bits per heavy atom. The molecule has 2 aliphatic heterocycles.